The fourth-order valence-corrected chi connectivity index (χ4v) is 3.47. The molecule has 1 unspecified atom stereocenters. The quantitative estimate of drug-likeness (QED) is 0.900. The Morgan fingerprint density at radius 3 is 2.43 bits per heavy atom. The lowest BCUT2D eigenvalue weighted by atomic mass is 9.83. The van der Waals surface area contributed by atoms with E-state index >= 15 is 0 Å². The monoisotopic (exact) mass is 292 g/mol. The molecule has 21 heavy (non-hydrogen) atoms. The van der Waals surface area contributed by atoms with Crippen molar-refractivity contribution in [2.45, 2.75) is 45.6 Å². The summed E-state index contributed by atoms with van der Waals surface area (Å²) >= 11 is 0. The van der Waals surface area contributed by atoms with Gasteiger partial charge in [-0.2, -0.15) is 0 Å². The molecule has 1 aromatic rings. The predicted molar refractivity (Wildman–Crippen MR) is 86.7 cm³/mol. The van der Waals surface area contributed by atoms with Crippen molar-refractivity contribution in [2.24, 2.45) is 17.6 Å². The van der Waals surface area contributed by atoms with Crippen molar-refractivity contribution in [1.29, 1.82) is 0 Å². The van der Waals surface area contributed by atoms with Crippen LogP contribution in [0.2, 0.25) is 0 Å². The van der Waals surface area contributed by atoms with Crippen LogP contribution in [0.3, 0.4) is 0 Å². The highest BCUT2D eigenvalue weighted by Crippen LogP contribution is 2.30. The number of halogens is 1. The first kappa shape index (κ1) is 16.4. The lowest BCUT2D eigenvalue weighted by Gasteiger charge is -2.45. The van der Waals surface area contributed by atoms with Crippen molar-refractivity contribution in [3.63, 3.8) is 0 Å². The molecule has 1 heterocycles. The molecule has 0 radical (unpaired) electrons. The van der Waals surface area contributed by atoms with Crippen LogP contribution in [-0.4, -0.2) is 30.1 Å². The number of nitrogens with zero attached hydrogens (tertiary/aromatic N) is 1. The molecule has 0 amide bonds. The second-order valence-electron chi connectivity index (χ2n) is 7.04. The normalized spacial score (nSPS) is 20.7. The van der Waals surface area contributed by atoms with Gasteiger partial charge in [-0.05, 0) is 62.7 Å². The third-order valence-electron chi connectivity index (χ3n) is 5.21. The van der Waals surface area contributed by atoms with E-state index in [0.29, 0.717) is 13.0 Å². The summed E-state index contributed by atoms with van der Waals surface area (Å²) in [6.07, 6.45) is 3.14. The smallest absolute Gasteiger partial charge is 0.126 e. The number of benzene rings is 1. The van der Waals surface area contributed by atoms with Gasteiger partial charge in [0.05, 0.1) is 0 Å². The Balaban J connectivity index is 2.06. The Bertz CT molecular complexity index is 452. The molecule has 1 aliphatic heterocycles. The van der Waals surface area contributed by atoms with Crippen molar-refractivity contribution < 1.29 is 4.39 Å². The van der Waals surface area contributed by atoms with Crippen LogP contribution >= 0.6 is 0 Å². The highest BCUT2D eigenvalue weighted by Gasteiger charge is 2.34. The van der Waals surface area contributed by atoms with Crippen LogP contribution in [-0.2, 0) is 6.42 Å². The van der Waals surface area contributed by atoms with Gasteiger partial charge < -0.3 is 5.73 Å². The molecule has 1 aromatic carbocycles. The summed E-state index contributed by atoms with van der Waals surface area (Å²) in [6, 6.07) is 7.06. The standard InChI is InChI=1S/C18H29FN2/c1-14(2)15-8-10-21(11-9-15)18(3,13-20)12-16-6-4-5-7-17(16)19/h4-7,14-15H,8-13,20H2,1-3H3. The lowest BCUT2D eigenvalue weighted by molar-refractivity contribution is 0.0569. The van der Waals surface area contributed by atoms with Gasteiger partial charge in [0.15, 0.2) is 0 Å². The van der Waals surface area contributed by atoms with E-state index in [1.54, 1.807) is 6.07 Å². The first-order valence-corrected chi connectivity index (χ1v) is 8.15. The minimum atomic E-state index is -0.149. The maximum absolute atomic E-state index is 13.9. The minimum absolute atomic E-state index is 0.116. The van der Waals surface area contributed by atoms with Gasteiger partial charge in [0.2, 0.25) is 0 Å². The molecule has 1 aliphatic rings. The molecule has 0 bridgehead atoms. The fourth-order valence-electron chi connectivity index (χ4n) is 3.47. The SMILES string of the molecule is CC(C)C1CCN(C(C)(CN)Cc2ccccc2F)CC1. The topological polar surface area (TPSA) is 29.3 Å². The Labute approximate surface area is 128 Å². The van der Waals surface area contributed by atoms with E-state index in [1.165, 1.54) is 18.9 Å². The number of hydrogen-bond donors (Lipinski definition) is 1. The second-order valence-corrected chi connectivity index (χ2v) is 7.04. The van der Waals surface area contributed by atoms with E-state index in [2.05, 4.69) is 25.7 Å². The Morgan fingerprint density at radius 1 is 1.29 bits per heavy atom. The van der Waals surface area contributed by atoms with Crippen LogP contribution in [0.5, 0.6) is 0 Å². The van der Waals surface area contributed by atoms with E-state index in [9.17, 15) is 4.39 Å². The van der Waals surface area contributed by atoms with Crippen LogP contribution in [0.15, 0.2) is 24.3 Å². The Morgan fingerprint density at radius 2 is 1.90 bits per heavy atom. The number of rotatable bonds is 5. The van der Waals surface area contributed by atoms with Gasteiger partial charge >= 0.3 is 0 Å². The summed E-state index contributed by atoms with van der Waals surface area (Å²) < 4.78 is 13.9. The third kappa shape index (κ3) is 3.83. The molecule has 2 rings (SSSR count). The summed E-state index contributed by atoms with van der Waals surface area (Å²) in [5, 5.41) is 0. The van der Waals surface area contributed by atoms with Gasteiger partial charge in [0, 0.05) is 12.1 Å². The van der Waals surface area contributed by atoms with Crippen molar-refractivity contribution >= 4 is 0 Å². The van der Waals surface area contributed by atoms with E-state index in [-0.39, 0.29) is 11.4 Å². The van der Waals surface area contributed by atoms with E-state index in [0.717, 1.165) is 30.5 Å². The third-order valence-corrected chi connectivity index (χ3v) is 5.21. The van der Waals surface area contributed by atoms with Crippen LogP contribution in [0.25, 0.3) is 0 Å². The van der Waals surface area contributed by atoms with Gasteiger partial charge in [-0.3, -0.25) is 4.90 Å². The summed E-state index contributed by atoms with van der Waals surface area (Å²) in [5.41, 5.74) is 6.69. The number of piperidine rings is 1. The molecule has 1 fully saturated rings. The van der Waals surface area contributed by atoms with Crippen LogP contribution in [0, 0.1) is 17.7 Å². The van der Waals surface area contributed by atoms with E-state index < -0.39 is 0 Å². The zero-order chi connectivity index (χ0) is 15.5. The fraction of sp³-hybridized carbons (Fsp3) is 0.667. The molecular weight excluding hydrogens is 263 g/mol. The number of likely N-dealkylation sites (tertiary alicyclic amines) is 1. The van der Waals surface area contributed by atoms with Crippen LogP contribution in [0.1, 0.15) is 39.2 Å². The van der Waals surface area contributed by atoms with Gasteiger partial charge in [0.1, 0.15) is 5.82 Å². The van der Waals surface area contributed by atoms with Gasteiger partial charge in [0.25, 0.3) is 0 Å². The average Bonchev–Trinajstić information content (AvgIpc) is 2.49. The molecule has 1 atom stereocenters. The van der Waals surface area contributed by atoms with E-state index in [1.807, 2.05) is 12.1 Å². The first-order valence-electron chi connectivity index (χ1n) is 8.15. The maximum Gasteiger partial charge on any atom is 0.126 e. The molecule has 0 saturated carbocycles. The minimum Gasteiger partial charge on any atom is -0.329 e. The molecule has 0 spiro atoms. The van der Waals surface area contributed by atoms with Crippen molar-refractivity contribution in [3.05, 3.63) is 35.6 Å². The predicted octanol–water partition coefficient (Wildman–Crippen LogP) is 3.45. The molecule has 1 saturated heterocycles. The first-order chi connectivity index (χ1) is 9.96. The van der Waals surface area contributed by atoms with E-state index in [4.69, 9.17) is 5.73 Å². The van der Waals surface area contributed by atoms with Crippen LogP contribution in [0.4, 0.5) is 4.39 Å². The van der Waals surface area contributed by atoms with Gasteiger partial charge in [-0.25, -0.2) is 4.39 Å². The highest BCUT2D eigenvalue weighted by atomic mass is 19.1. The summed E-state index contributed by atoms with van der Waals surface area (Å²) in [4.78, 5) is 2.47. The molecule has 0 aliphatic carbocycles. The number of nitrogens with two attached hydrogens (primary N) is 1. The van der Waals surface area contributed by atoms with Crippen molar-refractivity contribution in [1.82, 2.24) is 4.90 Å². The average molecular weight is 292 g/mol. The summed E-state index contributed by atoms with van der Waals surface area (Å²) in [7, 11) is 0. The molecule has 0 aromatic heterocycles. The van der Waals surface area contributed by atoms with Crippen molar-refractivity contribution in [3.8, 4) is 0 Å². The summed E-state index contributed by atoms with van der Waals surface area (Å²) in [5.74, 6) is 1.45. The van der Waals surface area contributed by atoms with Crippen molar-refractivity contribution in [2.75, 3.05) is 19.6 Å². The molecule has 3 heteroatoms. The Kier molecular flexibility index (Phi) is 5.39. The van der Waals surface area contributed by atoms with Crippen LogP contribution < -0.4 is 5.73 Å². The zero-order valence-electron chi connectivity index (χ0n) is 13.6. The maximum atomic E-state index is 13.9. The highest BCUT2D eigenvalue weighted by molar-refractivity contribution is 5.20. The zero-order valence-corrected chi connectivity index (χ0v) is 13.6. The number of hydrogen-bond acceptors (Lipinski definition) is 2. The summed E-state index contributed by atoms with van der Waals surface area (Å²) in [6.45, 7) is 9.50. The Hall–Kier alpha value is -0.930. The lowest BCUT2D eigenvalue weighted by Crippen LogP contribution is -2.56. The molecule has 2 nitrogen and oxygen atoms in total. The molecular formula is C18H29FN2. The second kappa shape index (κ2) is 6.89. The molecule has 2 N–H and O–H groups in total. The van der Waals surface area contributed by atoms with Gasteiger partial charge in [-0.15, -0.1) is 0 Å². The van der Waals surface area contributed by atoms with Gasteiger partial charge in [-0.1, -0.05) is 32.0 Å². The largest absolute Gasteiger partial charge is 0.329 e. The molecule has 118 valence electrons.